The highest BCUT2D eigenvalue weighted by atomic mass is 32.1. The van der Waals surface area contributed by atoms with Gasteiger partial charge >= 0.3 is 0 Å². The Balaban J connectivity index is 1.41. The van der Waals surface area contributed by atoms with Crippen LogP contribution >= 0.6 is 11.3 Å². The number of hydrogen-bond donors (Lipinski definition) is 3. The number of pyridine rings is 2. The molecule has 1 aliphatic heterocycles. The first kappa shape index (κ1) is 25.0. The van der Waals surface area contributed by atoms with Crippen LogP contribution in [0.4, 0.5) is 20.2 Å². The van der Waals surface area contributed by atoms with Crippen molar-refractivity contribution < 1.29 is 23.4 Å². The van der Waals surface area contributed by atoms with E-state index < -0.39 is 29.7 Å². The van der Waals surface area contributed by atoms with E-state index in [1.54, 1.807) is 36.7 Å². The molecule has 0 bridgehead atoms. The van der Waals surface area contributed by atoms with Gasteiger partial charge in [0.05, 0.1) is 46.6 Å². The van der Waals surface area contributed by atoms with Gasteiger partial charge in [0.1, 0.15) is 23.1 Å². The fraction of sp³-hybridized carbons (Fsp3) is 0.269. The Morgan fingerprint density at radius 1 is 1.22 bits per heavy atom. The number of aliphatic hydroxyl groups is 1. The zero-order valence-electron chi connectivity index (χ0n) is 20.1. The number of piperidine rings is 1. The third kappa shape index (κ3) is 4.85. The average molecular weight is 526 g/mol. The minimum Gasteiger partial charge on any atom is -0.497 e. The highest BCUT2D eigenvalue weighted by Crippen LogP contribution is 2.37. The monoisotopic (exact) mass is 525 g/mol. The Hall–Kier alpha value is -3.67. The van der Waals surface area contributed by atoms with Crippen molar-refractivity contribution in [2.45, 2.75) is 19.1 Å². The van der Waals surface area contributed by atoms with Crippen LogP contribution in [0.3, 0.4) is 0 Å². The Kier molecular flexibility index (Phi) is 6.76. The molecule has 37 heavy (non-hydrogen) atoms. The molecule has 0 radical (unpaired) electrons. The second kappa shape index (κ2) is 10.0. The number of amides is 1. The molecule has 11 heteroatoms. The summed E-state index contributed by atoms with van der Waals surface area (Å²) in [5, 5.41) is 13.1. The highest BCUT2D eigenvalue weighted by molar-refractivity contribution is 7.22. The smallest absolute Gasteiger partial charge is 0.274 e. The van der Waals surface area contributed by atoms with E-state index in [4.69, 9.17) is 10.5 Å². The SMILES string of the molecule is COc1cc(F)c(-c2cc3nc(C(=O)Nc4cnccc4N4CC(C)C(O)C(N)C4)ccc3s2)c(F)c1. The van der Waals surface area contributed by atoms with E-state index in [9.17, 15) is 18.7 Å². The van der Waals surface area contributed by atoms with Crippen molar-refractivity contribution >= 4 is 38.8 Å². The van der Waals surface area contributed by atoms with Crippen LogP contribution in [0.2, 0.25) is 0 Å². The van der Waals surface area contributed by atoms with Gasteiger partial charge in [0.2, 0.25) is 0 Å². The second-order valence-corrected chi connectivity index (χ2v) is 10.1. The van der Waals surface area contributed by atoms with E-state index in [1.165, 1.54) is 18.4 Å². The van der Waals surface area contributed by atoms with Crippen LogP contribution < -0.4 is 20.7 Å². The number of nitrogens with two attached hydrogens (primary N) is 1. The van der Waals surface area contributed by atoms with Crippen molar-refractivity contribution in [3.05, 3.63) is 66.1 Å². The largest absolute Gasteiger partial charge is 0.497 e. The quantitative estimate of drug-likeness (QED) is 0.360. The molecule has 1 aromatic carbocycles. The minimum atomic E-state index is -0.746. The van der Waals surface area contributed by atoms with Gasteiger partial charge in [-0.25, -0.2) is 13.8 Å². The molecule has 0 saturated carbocycles. The number of fused-ring (bicyclic) bond motifs is 1. The molecular weight excluding hydrogens is 500 g/mol. The van der Waals surface area contributed by atoms with Crippen molar-refractivity contribution in [1.29, 1.82) is 0 Å². The van der Waals surface area contributed by atoms with Crippen molar-refractivity contribution in [3.8, 4) is 16.2 Å². The van der Waals surface area contributed by atoms with Crippen LogP contribution in [0.15, 0.2) is 48.8 Å². The molecule has 4 heterocycles. The fourth-order valence-electron chi connectivity index (χ4n) is 4.53. The molecule has 1 fully saturated rings. The van der Waals surface area contributed by atoms with Crippen LogP contribution in [0.25, 0.3) is 20.7 Å². The van der Waals surface area contributed by atoms with Crippen LogP contribution in [0, 0.1) is 17.6 Å². The first-order valence-electron chi connectivity index (χ1n) is 11.6. The molecule has 3 atom stereocenters. The molecule has 3 unspecified atom stereocenters. The number of carbonyl (C=O) groups is 1. The Morgan fingerprint density at radius 2 is 1.97 bits per heavy atom. The lowest BCUT2D eigenvalue weighted by molar-refractivity contribution is 0.0785. The van der Waals surface area contributed by atoms with Crippen LogP contribution in [-0.4, -0.2) is 53.3 Å². The van der Waals surface area contributed by atoms with E-state index in [-0.39, 0.29) is 22.9 Å². The van der Waals surface area contributed by atoms with Crippen LogP contribution in [0.1, 0.15) is 17.4 Å². The summed E-state index contributed by atoms with van der Waals surface area (Å²) in [4.78, 5) is 24.0. The molecule has 4 N–H and O–H groups in total. The number of aromatic nitrogens is 2. The van der Waals surface area contributed by atoms with E-state index in [1.807, 2.05) is 11.8 Å². The fourth-order valence-corrected chi connectivity index (χ4v) is 5.58. The van der Waals surface area contributed by atoms with Gasteiger partial charge in [-0.05, 0) is 24.3 Å². The van der Waals surface area contributed by atoms with Crippen molar-refractivity contribution in [1.82, 2.24) is 9.97 Å². The Labute approximate surface area is 215 Å². The van der Waals surface area contributed by atoms with Crippen LogP contribution in [0.5, 0.6) is 5.75 Å². The van der Waals surface area contributed by atoms with Gasteiger partial charge in [0, 0.05) is 48.3 Å². The second-order valence-electron chi connectivity index (χ2n) is 9.04. The van der Waals surface area contributed by atoms with E-state index in [2.05, 4.69) is 15.3 Å². The molecule has 1 saturated heterocycles. The molecule has 5 rings (SSSR count). The average Bonchev–Trinajstić information content (AvgIpc) is 3.29. The predicted molar refractivity (Wildman–Crippen MR) is 139 cm³/mol. The number of benzene rings is 1. The zero-order chi connectivity index (χ0) is 26.3. The summed E-state index contributed by atoms with van der Waals surface area (Å²) in [5.41, 5.74) is 7.75. The summed E-state index contributed by atoms with van der Waals surface area (Å²) in [6, 6.07) is 8.42. The van der Waals surface area contributed by atoms with Gasteiger partial charge in [0.25, 0.3) is 5.91 Å². The Bertz CT molecular complexity index is 1440. The van der Waals surface area contributed by atoms with Gasteiger partial charge in [-0.3, -0.25) is 9.78 Å². The molecule has 1 aliphatic rings. The topological polar surface area (TPSA) is 114 Å². The van der Waals surface area contributed by atoms with Gasteiger partial charge in [0.15, 0.2) is 0 Å². The molecule has 0 spiro atoms. The van der Waals surface area contributed by atoms with Gasteiger partial charge in [-0.1, -0.05) is 6.92 Å². The summed E-state index contributed by atoms with van der Waals surface area (Å²) >= 11 is 1.17. The molecular formula is C26H25F2N5O3S. The maximum absolute atomic E-state index is 14.6. The Morgan fingerprint density at radius 3 is 2.68 bits per heavy atom. The summed E-state index contributed by atoms with van der Waals surface area (Å²) in [7, 11) is 1.34. The van der Waals surface area contributed by atoms with Gasteiger partial charge in [-0.15, -0.1) is 11.3 Å². The predicted octanol–water partition coefficient (Wildman–Crippen LogP) is 4.04. The number of thiophene rings is 1. The highest BCUT2D eigenvalue weighted by Gasteiger charge is 2.32. The number of nitrogens with zero attached hydrogens (tertiary/aromatic N) is 3. The molecule has 192 valence electrons. The number of rotatable bonds is 5. The first-order chi connectivity index (χ1) is 17.7. The number of methoxy groups -OCH3 is 1. The maximum atomic E-state index is 14.6. The maximum Gasteiger partial charge on any atom is 0.274 e. The standard InChI is InChI=1S/C26H25F2N5O3S/c1-13-11-33(12-17(29)25(13)34)21-5-6-30-10-20(21)32-26(35)18-3-4-22-19(31-18)9-23(37-22)24-15(27)7-14(36-2)8-16(24)28/h3-10,13,17,25,34H,11-12,29H2,1-2H3,(H,32,35). The normalized spacial score (nSPS) is 19.7. The van der Waals surface area contributed by atoms with E-state index in [0.717, 1.165) is 17.8 Å². The number of anilines is 2. The summed E-state index contributed by atoms with van der Waals surface area (Å²) < 4.78 is 34.8. The van der Waals surface area contributed by atoms with Crippen molar-refractivity contribution in [2.75, 3.05) is 30.4 Å². The summed E-state index contributed by atoms with van der Waals surface area (Å²) in [6.07, 6.45) is 2.58. The number of nitrogens with one attached hydrogen (secondary N) is 1. The van der Waals surface area contributed by atoms with E-state index in [0.29, 0.717) is 33.9 Å². The number of aliphatic hydroxyl groups excluding tert-OH is 1. The third-order valence-corrected chi connectivity index (χ3v) is 7.56. The minimum absolute atomic E-state index is 0.0438. The number of ether oxygens (including phenoxy) is 1. The first-order valence-corrected chi connectivity index (χ1v) is 12.4. The van der Waals surface area contributed by atoms with Crippen LogP contribution in [-0.2, 0) is 0 Å². The van der Waals surface area contributed by atoms with Gasteiger partial charge in [-0.2, -0.15) is 0 Å². The van der Waals surface area contributed by atoms with Crippen molar-refractivity contribution in [3.63, 3.8) is 0 Å². The molecule has 0 aliphatic carbocycles. The molecule has 8 nitrogen and oxygen atoms in total. The molecule has 3 aromatic heterocycles. The lowest BCUT2D eigenvalue weighted by atomic mass is 9.92. The number of carbonyl (C=O) groups excluding carboxylic acids is 1. The van der Waals surface area contributed by atoms with Crippen molar-refractivity contribution in [2.24, 2.45) is 11.7 Å². The van der Waals surface area contributed by atoms with Gasteiger partial charge < -0.3 is 25.8 Å². The molecule has 4 aromatic rings. The lowest BCUT2D eigenvalue weighted by Gasteiger charge is -2.40. The van der Waals surface area contributed by atoms with E-state index >= 15 is 0 Å². The third-order valence-electron chi connectivity index (χ3n) is 6.45. The molecule has 1 amide bonds. The summed E-state index contributed by atoms with van der Waals surface area (Å²) in [5.74, 6) is -1.91. The summed E-state index contributed by atoms with van der Waals surface area (Å²) in [6.45, 7) is 2.93. The number of halogens is 2. The number of hydrogen-bond acceptors (Lipinski definition) is 8. The lowest BCUT2D eigenvalue weighted by Crippen LogP contribution is -2.55. The zero-order valence-corrected chi connectivity index (χ0v) is 20.9.